The molecule has 32 heavy (non-hydrogen) atoms. The Labute approximate surface area is 194 Å². The second kappa shape index (κ2) is 8.08. The summed E-state index contributed by atoms with van der Waals surface area (Å²) in [6, 6.07) is 8.99. The van der Waals surface area contributed by atoms with Crippen LogP contribution in [0.25, 0.3) is 20.8 Å². The summed E-state index contributed by atoms with van der Waals surface area (Å²) in [6.45, 7) is 12.6. The molecule has 0 spiro atoms. The molecule has 0 atom stereocenters. The first-order valence-corrected chi connectivity index (χ1v) is 13.7. The number of fused-ring (bicyclic) bond motifs is 2. The Kier molecular flexibility index (Phi) is 5.50. The van der Waals surface area contributed by atoms with Gasteiger partial charge in [0.05, 0.1) is 32.5 Å². The number of anilines is 1. The number of sulfonamides is 1. The number of nitrogens with zero attached hydrogens (tertiary/aromatic N) is 4. The fraction of sp³-hybridized carbons (Fsp3) is 0.500. The number of aryl methyl sites for hydroxylation is 2. The van der Waals surface area contributed by atoms with E-state index in [4.69, 9.17) is 4.98 Å². The highest BCUT2D eigenvalue weighted by atomic mass is 32.2. The van der Waals surface area contributed by atoms with Crippen molar-refractivity contribution in [3.05, 3.63) is 40.7 Å². The number of benzene rings is 2. The van der Waals surface area contributed by atoms with Crippen molar-refractivity contribution in [1.29, 1.82) is 0 Å². The molecule has 0 amide bonds. The molecule has 0 bridgehead atoms. The van der Waals surface area contributed by atoms with Crippen molar-refractivity contribution in [2.75, 3.05) is 44.2 Å². The molecule has 0 saturated carbocycles. The Balaban J connectivity index is 1.51. The van der Waals surface area contributed by atoms with Crippen LogP contribution in [0, 0.1) is 13.8 Å². The molecular weight excluding hydrogens is 440 g/mol. The van der Waals surface area contributed by atoms with Crippen LogP contribution in [0.5, 0.6) is 0 Å². The zero-order valence-corrected chi connectivity index (χ0v) is 20.9. The number of piperazine rings is 1. The molecule has 8 heteroatoms. The molecule has 3 aliphatic heterocycles. The van der Waals surface area contributed by atoms with E-state index < -0.39 is 10.0 Å². The number of hydrogen-bond donors (Lipinski definition) is 0. The van der Waals surface area contributed by atoms with Crippen LogP contribution >= 0.6 is 11.3 Å². The van der Waals surface area contributed by atoms with Crippen molar-refractivity contribution in [1.82, 2.24) is 13.9 Å². The predicted molar refractivity (Wildman–Crippen MR) is 133 cm³/mol. The van der Waals surface area contributed by atoms with Crippen LogP contribution < -0.4 is 14.8 Å². The zero-order valence-electron chi connectivity index (χ0n) is 19.3. The predicted octanol–water partition coefficient (Wildman–Crippen LogP) is 3.05. The molecule has 1 aromatic rings. The number of rotatable bonds is 3. The van der Waals surface area contributed by atoms with Crippen molar-refractivity contribution >= 4 is 37.3 Å². The molecular formula is C24H31N4O2S2+. The second-order valence-corrected chi connectivity index (χ2v) is 12.8. The van der Waals surface area contributed by atoms with Crippen LogP contribution in [0.2, 0.25) is 0 Å². The summed E-state index contributed by atoms with van der Waals surface area (Å²) in [7, 11) is -3.19. The largest absolute Gasteiger partial charge is 0.369 e. The van der Waals surface area contributed by atoms with Crippen LogP contribution in [-0.2, 0) is 10.0 Å². The van der Waals surface area contributed by atoms with Gasteiger partial charge in [0.1, 0.15) is 13.1 Å². The van der Waals surface area contributed by atoms with E-state index in [0.29, 0.717) is 26.2 Å². The van der Waals surface area contributed by atoms with Gasteiger partial charge < -0.3 is 4.90 Å². The van der Waals surface area contributed by atoms with Crippen molar-refractivity contribution in [2.45, 2.75) is 39.4 Å². The van der Waals surface area contributed by atoms with E-state index in [-0.39, 0.29) is 5.25 Å². The van der Waals surface area contributed by atoms with Gasteiger partial charge in [-0.25, -0.2) is 18.0 Å². The van der Waals surface area contributed by atoms with Crippen LogP contribution in [0.3, 0.4) is 0 Å². The third kappa shape index (κ3) is 3.72. The van der Waals surface area contributed by atoms with E-state index in [0.717, 1.165) is 30.0 Å². The molecule has 0 radical (unpaired) electrons. The van der Waals surface area contributed by atoms with E-state index in [2.05, 4.69) is 47.6 Å². The van der Waals surface area contributed by atoms with Crippen LogP contribution in [0.4, 0.5) is 5.69 Å². The molecule has 170 valence electrons. The first-order chi connectivity index (χ1) is 15.2. The van der Waals surface area contributed by atoms with E-state index in [1.807, 2.05) is 11.3 Å². The van der Waals surface area contributed by atoms with Gasteiger partial charge in [-0.3, -0.25) is 0 Å². The Bertz CT molecular complexity index is 1330. The molecule has 0 N–H and O–H groups in total. The summed E-state index contributed by atoms with van der Waals surface area (Å²) in [4.78, 5) is 8.59. The summed E-state index contributed by atoms with van der Waals surface area (Å²) >= 11 is 1.81. The SMILES string of the molecule is Cc1cc(=[N+]2CCC2)cc2sc3cc(N4CCN(S(=O)(=O)C(C)C)CC4)cc(C)c3nc1-2. The van der Waals surface area contributed by atoms with Crippen LogP contribution in [0.1, 0.15) is 31.4 Å². The van der Waals surface area contributed by atoms with Crippen molar-refractivity contribution < 1.29 is 8.42 Å². The van der Waals surface area contributed by atoms with Gasteiger partial charge in [-0.05, 0) is 51.0 Å². The molecule has 2 fully saturated rings. The second-order valence-electron chi connectivity index (χ2n) is 9.25. The molecule has 2 saturated heterocycles. The topological polar surface area (TPSA) is 56.5 Å². The van der Waals surface area contributed by atoms with Crippen molar-refractivity contribution in [2.24, 2.45) is 0 Å². The highest BCUT2D eigenvalue weighted by Crippen LogP contribution is 2.35. The maximum atomic E-state index is 12.5. The van der Waals surface area contributed by atoms with Crippen LogP contribution in [0.15, 0.2) is 24.3 Å². The van der Waals surface area contributed by atoms with E-state index >= 15 is 0 Å². The normalized spacial score (nSPS) is 18.0. The Morgan fingerprint density at radius 1 is 1.00 bits per heavy atom. The number of aromatic nitrogens is 1. The summed E-state index contributed by atoms with van der Waals surface area (Å²) in [5, 5.41) is 0.928. The lowest BCUT2D eigenvalue weighted by molar-refractivity contribution is 0.381. The Morgan fingerprint density at radius 3 is 2.34 bits per heavy atom. The molecule has 1 aliphatic carbocycles. The van der Waals surface area contributed by atoms with Gasteiger partial charge in [-0.15, -0.1) is 11.3 Å². The molecule has 1 aromatic carbocycles. The number of hydrogen-bond acceptors (Lipinski definition) is 5. The van der Waals surface area contributed by atoms with Gasteiger partial charge in [0, 0.05) is 44.0 Å². The molecule has 0 unspecified atom stereocenters. The van der Waals surface area contributed by atoms with Gasteiger partial charge in [-0.1, -0.05) is 0 Å². The molecule has 4 aliphatic rings. The highest BCUT2D eigenvalue weighted by molar-refractivity contribution is 7.89. The maximum absolute atomic E-state index is 12.5. The lowest BCUT2D eigenvalue weighted by Gasteiger charge is -2.36. The summed E-state index contributed by atoms with van der Waals surface area (Å²) in [5.74, 6) is 0. The summed E-state index contributed by atoms with van der Waals surface area (Å²) in [6.07, 6.45) is 1.27. The molecule has 3 heterocycles. The average Bonchev–Trinajstić information content (AvgIpc) is 2.71. The quantitative estimate of drug-likeness (QED) is 0.435. The summed E-state index contributed by atoms with van der Waals surface area (Å²) < 4.78 is 30.3. The standard InChI is InChI=1S/C24H31N4O2S2/c1-16(2)32(29,30)28-10-8-27(9-11-28)20-13-18(4)24-22(15-20)31-21-14-19(26-6-5-7-26)12-17(3)23(21)25-24/h12-16H,5-11H2,1-4H3/q+1. The minimum atomic E-state index is -3.19. The smallest absolute Gasteiger partial charge is 0.216 e. The van der Waals surface area contributed by atoms with Gasteiger partial charge >= 0.3 is 0 Å². The van der Waals surface area contributed by atoms with E-state index in [9.17, 15) is 8.42 Å². The maximum Gasteiger partial charge on any atom is 0.216 e. The Morgan fingerprint density at radius 2 is 1.72 bits per heavy atom. The first kappa shape index (κ1) is 21.8. The fourth-order valence-corrected chi connectivity index (χ4v) is 7.04. The van der Waals surface area contributed by atoms with Gasteiger partial charge in [0.2, 0.25) is 15.4 Å². The zero-order chi connectivity index (χ0) is 22.6. The monoisotopic (exact) mass is 471 g/mol. The van der Waals surface area contributed by atoms with Gasteiger partial charge in [0.25, 0.3) is 0 Å². The van der Waals surface area contributed by atoms with Crippen LogP contribution in [-0.4, -0.2) is 62.2 Å². The van der Waals surface area contributed by atoms with Crippen molar-refractivity contribution in [3.63, 3.8) is 0 Å². The van der Waals surface area contributed by atoms with Gasteiger partial charge in [0.15, 0.2) is 0 Å². The fourth-order valence-electron chi connectivity index (χ4n) is 4.57. The van der Waals surface area contributed by atoms with E-state index in [1.165, 1.54) is 32.5 Å². The molecule has 5 rings (SSSR count). The highest BCUT2D eigenvalue weighted by Gasteiger charge is 2.29. The van der Waals surface area contributed by atoms with Crippen molar-refractivity contribution in [3.8, 4) is 10.6 Å². The minimum absolute atomic E-state index is 0.372. The first-order valence-electron chi connectivity index (χ1n) is 11.4. The lowest BCUT2D eigenvalue weighted by atomic mass is 10.1. The third-order valence-corrected chi connectivity index (χ3v) is 10.1. The lowest BCUT2D eigenvalue weighted by Crippen LogP contribution is -2.50. The average molecular weight is 472 g/mol. The molecule has 6 nitrogen and oxygen atoms in total. The van der Waals surface area contributed by atoms with E-state index in [1.54, 1.807) is 18.2 Å². The van der Waals surface area contributed by atoms with Gasteiger partial charge in [-0.2, -0.15) is 4.31 Å². The molecule has 0 aromatic heterocycles. The Hall–Kier alpha value is -2.03. The summed E-state index contributed by atoms with van der Waals surface area (Å²) in [5.41, 5.74) is 5.71. The third-order valence-electron chi connectivity index (χ3n) is 6.72. The minimum Gasteiger partial charge on any atom is -0.369 e.